The van der Waals surface area contributed by atoms with E-state index in [0.717, 1.165) is 0 Å². The van der Waals surface area contributed by atoms with Crippen molar-refractivity contribution in [3.05, 3.63) is 28.2 Å². The SMILES string of the molecule is CCC(C)(CNS(=O)(=O)c1c(Cl)cccc1Cl)C(=O)O. The van der Waals surface area contributed by atoms with Crippen LogP contribution < -0.4 is 4.72 Å². The molecule has 0 heterocycles. The molecule has 0 radical (unpaired) electrons. The standard InChI is InChI=1S/C12H15Cl2NO4S/c1-3-12(2,11(16)17)7-15-20(18,19)10-8(13)5-4-6-9(10)14/h4-6,15H,3,7H2,1-2H3,(H,16,17). The van der Waals surface area contributed by atoms with Gasteiger partial charge in [0.2, 0.25) is 10.0 Å². The van der Waals surface area contributed by atoms with Crippen molar-refractivity contribution < 1.29 is 18.3 Å². The molecule has 1 rings (SSSR count). The van der Waals surface area contributed by atoms with Crippen LogP contribution in [0.5, 0.6) is 0 Å². The number of sulfonamides is 1. The number of carboxylic acid groups (broad SMARTS) is 1. The molecule has 0 saturated carbocycles. The van der Waals surface area contributed by atoms with Crippen LogP contribution in [0.3, 0.4) is 0 Å². The normalized spacial score (nSPS) is 14.8. The minimum absolute atomic E-state index is 0.0153. The maximum absolute atomic E-state index is 12.2. The van der Waals surface area contributed by atoms with Crippen molar-refractivity contribution in [2.24, 2.45) is 5.41 Å². The van der Waals surface area contributed by atoms with Gasteiger partial charge >= 0.3 is 5.97 Å². The van der Waals surface area contributed by atoms with E-state index < -0.39 is 21.4 Å². The fourth-order valence-electron chi connectivity index (χ4n) is 1.42. The number of nitrogens with one attached hydrogen (secondary N) is 1. The van der Waals surface area contributed by atoms with Gasteiger partial charge in [0.25, 0.3) is 0 Å². The van der Waals surface area contributed by atoms with Gasteiger partial charge in [0.1, 0.15) is 4.90 Å². The van der Waals surface area contributed by atoms with Crippen molar-refractivity contribution in [1.82, 2.24) is 4.72 Å². The number of carboxylic acids is 1. The molecule has 112 valence electrons. The van der Waals surface area contributed by atoms with Crippen LogP contribution in [0.2, 0.25) is 10.0 Å². The van der Waals surface area contributed by atoms with E-state index in [1.54, 1.807) is 6.92 Å². The summed E-state index contributed by atoms with van der Waals surface area (Å²) in [7, 11) is -3.98. The summed E-state index contributed by atoms with van der Waals surface area (Å²) >= 11 is 11.7. The maximum Gasteiger partial charge on any atom is 0.310 e. The lowest BCUT2D eigenvalue weighted by Crippen LogP contribution is -2.40. The van der Waals surface area contributed by atoms with E-state index in [1.807, 2.05) is 0 Å². The van der Waals surface area contributed by atoms with Gasteiger partial charge < -0.3 is 5.11 Å². The molecule has 1 aromatic carbocycles. The molecule has 20 heavy (non-hydrogen) atoms. The molecule has 0 aliphatic rings. The van der Waals surface area contributed by atoms with Gasteiger partial charge in [0, 0.05) is 6.54 Å². The van der Waals surface area contributed by atoms with E-state index in [0.29, 0.717) is 0 Å². The first-order valence-electron chi connectivity index (χ1n) is 5.81. The van der Waals surface area contributed by atoms with Crippen molar-refractivity contribution in [2.75, 3.05) is 6.54 Å². The monoisotopic (exact) mass is 339 g/mol. The average molecular weight is 340 g/mol. The first-order valence-corrected chi connectivity index (χ1v) is 8.05. The Morgan fingerprint density at radius 2 is 1.85 bits per heavy atom. The third kappa shape index (κ3) is 3.63. The summed E-state index contributed by atoms with van der Waals surface area (Å²) in [5.41, 5.74) is -1.19. The Kier molecular flexibility index (Phi) is 5.43. The summed E-state index contributed by atoms with van der Waals surface area (Å²) in [6.07, 6.45) is 0.279. The van der Waals surface area contributed by atoms with Gasteiger partial charge in [-0.25, -0.2) is 13.1 Å². The van der Waals surface area contributed by atoms with Crippen LogP contribution in [0.1, 0.15) is 20.3 Å². The second-order valence-electron chi connectivity index (χ2n) is 4.59. The highest BCUT2D eigenvalue weighted by molar-refractivity contribution is 7.89. The average Bonchev–Trinajstić information content (AvgIpc) is 2.35. The topological polar surface area (TPSA) is 83.5 Å². The fourth-order valence-corrected chi connectivity index (χ4v) is 3.73. The molecule has 0 aromatic heterocycles. The van der Waals surface area contributed by atoms with Crippen LogP contribution in [-0.2, 0) is 14.8 Å². The minimum Gasteiger partial charge on any atom is -0.481 e. The molecule has 8 heteroatoms. The van der Waals surface area contributed by atoms with Crippen LogP contribution in [0.4, 0.5) is 0 Å². The highest BCUT2D eigenvalue weighted by Crippen LogP contribution is 2.29. The Balaban J connectivity index is 3.06. The molecule has 2 N–H and O–H groups in total. The summed E-state index contributed by atoms with van der Waals surface area (Å²) in [5.74, 6) is -1.08. The van der Waals surface area contributed by atoms with Crippen LogP contribution >= 0.6 is 23.2 Å². The van der Waals surface area contributed by atoms with Crippen molar-refractivity contribution in [3.63, 3.8) is 0 Å². The Morgan fingerprint density at radius 1 is 1.35 bits per heavy atom. The van der Waals surface area contributed by atoms with Crippen LogP contribution in [0.15, 0.2) is 23.1 Å². The van der Waals surface area contributed by atoms with Gasteiger partial charge in [-0.15, -0.1) is 0 Å². The first kappa shape index (κ1) is 17.2. The zero-order valence-electron chi connectivity index (χ0n) is 11.0. The zero-order valence-corrected chi connectivity index (χ0v) is 13.3. The smallest absolute Gasteiger partial charge is 0.310 e. The number of hydrogen-bond acceptors (Lipinski definition) is 3. The molecule has 1 unspecified atom stereocenters. The van der Waals surface area contributed by atoms with E-state index in [-0.39, 0.29) is 27.9 Å². The van der Waals surface area contributed by atoms with Gasteiger partial charge in [-0.1, -0.05) is 36.2 Å². The van der Waals surface area contributed by atoms with Gasteiger partial charge in [0.15, 0.2) is 0 Å². The molecule has 1 atom stereocenters. The van der Waals surface area contributed by atoms with E-state index in [1.165, 1.54) is 25.1 Å². The summed E-state index contributed by atoms with van der Waals surface area (Å²) in [6.45, 7) is 2.89. The molecular weight excluding hydrogens is 325 g/mol. The molecule has 0 spiro atoms. The Hall–Kier alpha value is -0.820. The molecule has 0 aliphatic heterocycles. The van der Waals surface area contributed by atoms with Crippen LogP contribution in [0, 0.1) is 5.41 Å². The van der Waals surface area contributed by atoms with Crippen LogP contribution in [-0.4, -0.2) is 26.0 Å². The van der Waals surface area contributed by atoms with Crippen LogP contribution in [0.25, 0.3) is 0 Å². The van der Waals surface area contributed by atoms with Crippen molar-refractivity contribution in [1.29, 1.82) is 0 Å². The molecule has 0 amide bonds. The fraction of sp³-hybridized carbons (Fsp3) is 0.417. The number of rotatable bonds is 6. The maximum atomic E-state index is 12.2. The molecular formula is C12H15Cl2NO4S. The van der Waals surface area contributed by atoms with Gasteiger partial charge in [-0.3, -0.25) is 4.79 Å². The number of aliphatic carboxylic acids is 1. The van der Waals surface area contributed by atoms with E-state index in [4.69, 9.17) is 28.3 Å². The lowest BCUT2D eigenvalue weighted by molar-refractivity contribution is -0.147. The van der Waals surface area contributed by atoms with Crippen molar-refractivity contribution >= 4 is 39.2 Å². The quantitative estimate of drug-likeness (QED) is 0.834. The zero-order chi connectivity index (χ0) is 15.6. The number of carbonyl (C=O) groups is 1. The summed E-state index contributed by atoms with van der Waals surface area (Å²) < 4.78 is 26.6. The highest BCUT2D eigenvalue weighted by Gasteiger charge is 2.33. The van der Waals surface area contributed by atoms with Gasteiger partial charge in [0.05, 0.1) is 15.5 Å². The summed E-state index contributed by atoms with van der Waals surface area (Å²) in [6, 6.07) is 4.33. The van der Waals surface area contributed by atoms with E-state index >= 15 is 0 Å². The molecule has 0 saturated heterocycles. The molecule has 1 aromatic rings. The predicted octanol–water partition coefficient (Wildman–Crippen LogP) is 2.77. The third-order valence-corrected chi connectivity index (χ3v) is 5.49. The Labute approximate surface area is 127 Å². The number of benzene rings is 1. The first-order chi connectivity index (χ1) is 9.14. The van der Waals surface area contributed by atoms with Gasteiger partial charge in [-0.2, -0.15) is 0 Å². The Bertz CT molecular complexity index is 598. The second-order valence-corrected chi connectivity index (χ2v) is 7.11. The largest absolute Gasteiger partial charge is 0.481 e. The van der Waals surface area contributed by atoms with Crippen molar-refractivity contribution in [3.8, 4) is 0 Å². The highest BCUT2D eigenvalue weighted by atomic mass is 35.5. The molecule has 0 bridgehead atoms. The molecule has 0 aliphatic carbocycles. The summed E-state index contributed by atoms with van der Waals surface area (Å²) in [4.78, 5) is 10.9. The van der Waals surface area contributed by atoms with Gasteiger partial charge in [-0.05, 0) is 25.5 Å². The Morgan fingerprint density at radius 3 is 2.25 bits per heavy atom. The van der Waals surface area contributed by atoms with E-state index in [2.05, 4.69) is 4.72 Å². The third-order valence-electron chi connectivity index (χ3n) is 3.14. The lowest BCUT2D eigenvalue weighted by atomic mass is 9.88. The molecule has 5 nitrogen and oxygen atoms in total. The number of hydrogen-bond donors (Lipinski definition) is 2. The summed E-state index contributed by atoms with van der Waals surface area (Å²) in [5, 5.41) is 9.09. The minimum atomic E-state index is -3.98. The number of halogens is 2. The molecule has 0 fully saturated rings. The van der Waals surface area contributed by atoms with Crippen molar-refractivity contribution in [2.45, 2.75) is 25.2 Å². The lowest BCUT2D eigenvalue weighted by Gasteiger charge is -2.23. The van der Waals surface area contributed by atoms with E-state index in [9.17, 15) is 13.2 Å². The second kappa shape index (κ2) is 6.30. The predicted molar refractivity (Wildman–Crippen MR) is 77.7 cm³/mol.